The summed E-state index contributed by atoms with van der Waals surface area (Å²) in [6, 6.07) is 2.26. The molecule has 3 nitrogen and oxygen atoms in total. The largest absolute Gasteiger partial charge is 0.373 e. The lowest BCUT2D eigenvalue weighted by molar-refractivity contribution is 0.0138. The first-order valence-corrected chi connectivity index (χ1v) is 6.09. The highest BCUT2D eigenvalue weighted by Crippen LogP contribution is 2.22. The molecule has 88 valence electrons. The van der Waals surface area contributed by atoms with E-state index in [1.165, 1.54) is 0 Å². The molecule has 2 N–H and O–H groups in total. The number of pyridine rings is 1. The molecule has 1 heterocycles. The summed E-state index contributed by atoms with van der Waals surface area (Å²) in [4.78, 5) is 3.95. The number of hydrogen-bond donors (Lipinski definition) is 1. The summed E-state index contributed by atoms with van der Waals surface area (Å²) in [6.45, 7) is 0.571. The van der Waals surface area contributed by atoms with Crippen molar-refractivity contribution in [2.45, 2.75) is 44.4 Å². The molecule has 1 saturated carbocycles. The second-order valence-electron chi connectivity index (χ2n) is 4.31. The molecule has 0 unspecified atom stereocenters. The number of halogens is 1. The highest BCUT2D eigenvalue weighted by atomic mass is 35.5. The normalized spacial score (nSPS) is 25.6. The maximum absolute atomic E-state index is 6.00. The van der Waals surface area contributed by atoms with Crippen molar-refractivity contribution in [3.8, 4) is 0 Å². The monoisotopic (exact) mass is 240 g/mol. The molecule has 1 aromatic heterocycles. The van der Waals surface area contributed by atoms with Gasteiger partial charge in [0.15, 0.2) is 0 Å². The Morgan fingerprint density at radius 2 is 2.12 bits per heavy atom. The molecule has 0 aliphatic heterocycles. The molecule has 0 spiro atoms. The Morgan fingerprint density at radius 1 is 1.38 bits per heavy atom. The predicted octanol–water partition coefficient (Wildman–Crippen LogP) is 2.52. The van der Waals surface area contributed by atoms with Gasteiger partial charge in [-0.25, -0.2) is 0 Å². The van der Waals surface area contributed by atoms with Gasteiger partial charge in [0, 0.05) is 18.4 Å². The Kier molecular flexibility index (Phi) is 4.16. The highest BCUT2D eigenvalue weighted by molar-refractivity contribution is 6.31. The molecule has 16 heavy (non-hydrogen) atoms. The molecule has 1 aliphatic rings. The average molecular weight is 241 g/mol. The molecule has 1 aliphatic carbocycles. The molecule has 2 rings (SSSR count). The molecule has 0 atom stereocenters. The van der Waals surface area contributed by atoms with Crippen molar-refractivity contribution >= 4 is 11.6 Å². The Balaban J connectivity index is 1.81. The fourth-order valence-electron chi connectivity index (χ4n) is 1.98. The molecular weight excluding hydrogens is 224 g/mol. The van der Waals surface area contributed by atoms with E-state index in [1.807, 2.05) is 6.07 Å². The number of aromatic nitrogens is 1. The van der Waals surface area contributed by atoms with Gasteiger partial charge in [-0.3, -0.25) is 4.98 Å². The highest BCUT2D eigenvalue weighted by Gasteiger charge is 2.18. The Labute approximate surface area is 101 Å². The van der Waals surface area contributed by atoms with Gasteiger partial charge in [-0.15, -0.1) is 0 Å². The van der Waals surface area contributed by atoms with Gasteiger partial charge in [-0.2, -0.15) is 0 Å². The van der Waals surface area contributed by atoms with Crippen molar-refractivity contribution < 1.29 is 4.74 Å². The van der Waals surface area contributed by atoms with Gasteiger partial charge in [-0.1, -0.05) is 11.6 Å². The lowest BCUT2D eigenvalue weighted by Crippen LogP contribution is -2.30. The van der Waals surface area contributed by atoms with E-state index in [1.54, 1.807) is 12.4 Å². The summed E-state index contributed by atoms with van der Waals surface area (Å²) in [7, 11) is 0. The van der Waals surface area contributed by atoms with E-state index in [-0.39, 0.29) is 0 Å². The van der Waals surface area contributed by atoms with Crippen molar-refractivity contribution in [1.82, 2.24) is 4.98 Å². The molecule has 0 aromatic carbocycles. The van der Waals surface area contributed by atoms with Crippen molar-refractivity contribution in [2.24, 2.45) is 5.73 Å². The van der Waals surface area contributed by atoms with Crippen LogP contribution in [0.5, 0.6) is 0 Å². The van der Waals surface area contributed by atoms with Gasteiger partial charge in [0.2, 0.25) is 0 Å². The van der Waals surface area contributed by atoms with Gasteiger partial charge in [0.1, 0.15) is 0 Å². The summed E-state index contributed by atoms with van der Waals surface area (Å²) in [5, 5.41) is 0.676. The first-order chi connectivity index (χ1) is 7.75. The van der Waals surface area contributed by atoms with Gasteiger partial charge in [-0.05, 0) is 37.3 Å². The average Bonchev–Trinajstić information content (AvgIpc) is 2.30. The third kappa shape index (κ3) is 3.17. The second kappa shape index (κ2) is 5.62. The quantitative estimate of drug-likeness (QED) is 0.883. The van der Waals surface area contributed by atoms with Crippen LogP contribution in [0.4, 0.5) is 0 Å². The van der Waals surface area contributed by atoms with Crippen molar-refractivity contribution in [1.29, 1.82) is 0 Å². The van der Waals surface area contributed by atoms with Crippen molar-refractivity contribution in [3.63, 3.8) is 0 Å². The van der Waals surface area contributed by atoms with E-state index in [2.05, 4.69) is 4.98 Å². The first kappa shape index (κ1) is 11.8. The van der Waals surface area contributed by atoms with Crippen LogP contribution in [0.3, 0.4) is 0 Å². The summed E-state index contributed by atoms with van der Waals surface area (Å²) < 4.78 is 5.83. The first-order valence-electron chi connectivity index (χ1n) is 5.71. The van der Waals surface area contributed by atoms with Gasteiger partial charge in [0.25, 0.3) is 0 Å². The van der Waals surface area contributed by atoms with Crippen LogP contribution in [0.25, 0.3) is 0 Å². The molecular formula is C12H17ClN2O. The van der Waals surface area contributed by atoms with E-state index in [0.717, 1.165) is 31.2 Å². The maximum atomic E-state index is 6.00. The van der Waals surface area contributed by atoms with Crippen LogP contribution < -0.4 is 5.73 Å². The minimum absolute atomic E-state index is 0.337. The smallest absolute Gasteiger partial charge is 0.0736 e. The summed E-state index contributed by atoms with van der Waals surface area (Å²) in [6.07, 6.45) is 7.97. The minimum Gasteiger partial charge on any atom is -0.373 e. The number of ether oxygens (including phenoxy) is 1. The lowest BCUT2D eigenvalue weighted by Gasteiger charge is -2.26. The molecule has 0 amide bonds. The van der Waals surface area contributed by atoms with Crippen molar-refractivity contribution in [3.05, 3.63) is 29.0 Å². The fourth-order valence-corrected chi connectivity index (χ4v) is 2.16. The summed E-state index contributed by atoms with van der Waals surface area (Å²) in [5.41, 5.74) is 6.85. The van der Waals surface area contributed by atoms with Gasteiger partial charge in [0.05, 0.1) is 17.7 Å². The van der Waals surface area contributed by atoms with E-state index >= 15 is 0 Å². The number of rotatable bonds is 3. The summed E-state index contributed by atoms with van der Waals surface area (Å²) in [5.74, 6) is 0. The second-order valence-corrected chi connectivity index (χ2v) is 4.72. The van der Waals surface area contributed by atoms with Crippen LogP contribution >= 0.6 is 11.6 Å². The van der Waals surface area contributed by atoms with Crippen LogP contribution in [0.1, 0.15) is 31.2 Å². The van der Waals surface area contributed by atoms with Crippen LogP contribution in [0, 0.1) is 0 Å². The lowest BCUT2D eigenvalue weighted by atomic mass is 9.94. The minimum atomic E-state index is 0.337. The van der Waals surface area contributed by atoms with Crippen LogP contribution in [0.2, 0.25) is 5.02 Å². The number of nitrogens with zero attached hydrogens (tertiary/aromatic N) is 1. The molecule has 1 aromatic rings. The van der Waals surface area contributed by atoms with E-state index in [9.17, 15) is 0 Å². The molecule has 0 saturated heterocycles. The molecule has 0 radical (unpaired) electrons. The van der Waals surface area contributed by atoms with E-state index < -0.39 is 0 Å². The number of hydrogen-bond acceptors (Lipinski definition) is 3. The van der Waals surface area contributed by atoms with E-state index in [0.29, 0.717) is 23.8 Å². The van der Waals surface area contributed by atoms with Gasteiger partial charge >= 0.3 is 0 Å². The topological polar surface area (TPSA) is 48.1 Å². The Bertz CT molecular complexity index is 338. The molecule has 0 bridgehead atoms. The predicted molar refractivity (Wildman–Crippen MR) is 64.3 cm³/mol. The standard InChI is InChI=1S/C12H17ClN2O/c13-12-7-15-6-5-9(12)8-16-11-3-1-10(14)2-4-11/h5-7,10-11H,1-4,8,14H2. The SMILES string of the molecule is NC1CCC(OCc2ccncc2Cl)CC1. The van der Waals surface area contributed by atoms with E-state index in [4.69, 9.17) is 22.1 Å². The molecule has 1 fully saturated rings. The Morgan fingerprint density at radius 3 is 2.81 bits per heavy atom. The van der Waals surface area contributed by atoms with Crippen molar-refractivity contribution in [2.75, 3.05) is 0 Å². The zero-order valence-corrected chi connectivity index (χ0v) is 9.99. The molecule has 4 heteroatoms. The zero-order valence-electron chi connectivity index (χ0n) is 9.23. The maximum Gasteiger partial charge on any atom is 0.0736 e. The fraction of sp³-hybridized carbons (Fsp3) is 0.583. The van der Waals surface area contributed by atoms with Crippen LogP contribution in [0.15, 0.2) is 18.5 Å². The Hall–Kier alpha value is -0.640. The zero-order chi connectivity index (χ0) is 11.4. The van der Waals surface area contributed by atoms with Crippen LogP contribution in [-0.2, 0) is 11.3 Å². The summed E-state index contributed by atoms with van der Waals surface area (Å²) >= 11 is 6.00. The third-order valence-electron chi connectivity index (χ3n) is 3.05. The third-order valence-corrected chi connectivity index (χ3v) is 3.39. The van der Waals surface area contributed by atoms with Gasteiger partial charge < -0.3 is 10.5 Å². The van der Waals surface area contributed by atoms with Crippen LogP contribution in [-0.4, -0.2) is 17.1 Å². The number of nitrogens with two attached hydrogens (primary N) is 1.